The SMILES string of the molecule is O=COCCC=Cc1ccccc1. The van der Waals surface area contributed by atoms with Gasteiger partial charge in [0.1, 0.15) is 0 Å². The van der Waals surface area contributed by atoms with Crippen LogP contribution in [0.2, 0.25) is 0 Å². The highest BCUT2D eigenvalue weighted by atomic mass is 16.5. The molecule has 13 heavy (non-hydrogen) atoms. The Morgan fingerprint density at radius 3 is 2.69 bits per heavy atom. The van der Waals surface area contributed by atoms with E-state index >= 15 is 0 Å². The van der Waals surface area contributed by atoms with Gasteiger partial charge in [-0.15, -0.1) is 0 Å². The second-order valence-corrected chi connectivity index (χ2v) is 2.57. The van der Waals surface area contributed by atoms with Gasteiger partial charge in [0.2, 0.25) is 0 Å². The molecule has 0 aliphatic carbocycles. The third kappa shape index (κ3) is 4.11. The fourth-order valence-corrected chi connectivity index (χ4v) is 0.968. The van der Waals surface area contributed by atoms with Crippen LogP contribution in [0.4, 0.5) is 0 Å². The molecule has 0 heterocycles. The highest BCUT2D eigenvalue weighted by Crippen LogP contribution is 2.01. The molecule has 0 amide bonds. The van der Waals surface area contributed by atoms with E-state index in [2.05, 4.69) is 4.74 Å². The Bertz CT molecular complexity index is 265. The Balaban J connectivity index is 2.28. The summed E-state index contributed by atoms with van der Waals surface area (Å²) >= 11 is 0. The number of hydrogen-bond donors (Lipinski definition) is 0. The number of benzene rings is 1. The van der Waals surface area contributed by atoms with E-state index in [1.54, 1.807) is 0 Å². The first kappa shape index (κ1) is 9.52. The van der Waals surface area contributed by atoms with E-state index in [4.69, 9.17) is 0 Å². The van der Waals surface area contributed by atoms with Crippen molar-refractivity contribution in [1.82, 2.24) is 0 Å². The van der Waals surface area contributed by atoms with Crippen molar-refractivity contribution < 1.29 is 9.53 Å². The van der Waals surface area contributed by atoms with Crippen molar-refractivity contribution >= 4 is 12.5 Å². The van der Waals surface area contributed by atoms with Crippen LogP contribution < -0.4 is 0 Å². The molecule has 0 N–H and O–H groups in total. The van der Waals surface area contributed by atoms with Gasteiger partial charge in [0, 0.05) is 0 Å². The molecule has 1 rings (SSSR count). The minimum Gasteiger partial charge on any atom is -0.468 e. The van der Waals surface area contributed by atoms with Crippen LogP contribution in [0.25, 0.3) is 6.08 Å². The number of carbonyl (C=O) groups is 1. The molecule has 1 aromatic rings. The highest BCUT2D eigenvalue weighted by Gasteiger charge is 1.83. The maximum Gasteiger partial charge on any atom is 0.293 e. The van der Waals surface area contributed by atoms with Crippen LogP contribution in [0.15, 0.2) is 36.4 Å². The molecule has 0 saturated carbocycles. The lowest BCUT2D eigenvalue weighted by Gasteiger charge is -1.92. The quantitative estimate of drug-likeness (QED) is 0.508. The van der Waals surface area contributed by atoms with Gasteiger partial charge in [-0.2, -0.15) is 0 Å². The maximum atomic E-state index is 9.79. The Labute approximate surface area is 77.8 Å². The van der Waals surface area contributed by atoms with Crippen LogP contribution in [-0.4, -0.2) is 13.1 Å². The van der Waals surface area contributed by atoms with Gasteiger partial charge in [0.15, 0.2) is 0 Å². The zero-order valence-electron chi connectivity index (χ0n) is 7.35. The molecule has 0 aromatic heterocycles. The molecule has 1 aromatic carbocycles. The molecule has 0 fully saturated rings. The van der Waals surface area contributed by atoms with E-state index in [0.717, 1.165) is 12.0 Å². The largest absolute Gasteiger partial charge is 0.468 e. The van der Waals surface area contributed by atoms with Gasteiger partial charge in [-0.25, -0.2) is 0 Å². The Hall–Kier alpha value is -1.57. The predicted molar refractivity (Wildman–Crippen MR) is 52.1 cm³/mol. The monoisotopic (exact) mass is 176 g/mol. The molecule has 0 spiro atoms. The van der Waals surface area contributed by atoms with Gasteiger partial charge in [-0.1, -0.05) is 42.5 Å². The van der Waals surface area contributed by atoms with E-state index in [0.29, 0.717) is 13.1 Å². The summed E-state index contributed by atoms with van der Waals surface area (Å²) in [4.78, 5) is 9.79. The molecule has 0 unspecified atom stereocenters. The molecule has 68 valence electrons. The minimum absolute atomic E-state index is 0.451. The highest BCUT2D eigenvalue weighted by molar-refractivity contribution is 5.48. The van der Waals surface area contributed by atoms with Crippen molar-refractivity contribution in [2.24, 2.45) is 0 Å². The van der Waals surface area contributed by atoms with Crippen LogP contribution in [0.1, 0.15) is 12.0 Å². The molecular weight excluding hydrogens is 164 g/mol. The summed E-state index contributed by atoms with van der Waals surface area (Å²) < 4.78 is 4.54. The van der Waals surface area contributed by atoms with Gasteiger partial charge in [-0.05, 0) is 12.0 Å². The van der Waals surface area contributed by atoms with Crippen molar-refractivity contribution in [1.29, 1.82) is 0 Å². The summed E-state index contributed by atoms with van der Waals surface area (Å²) in [6.45, 7) is 0.920. The van der Waals surface area contributed by atoms with Gasteiger partial charge in [-0.3, -0.25) is 4.79 Å². The molecule has 0 bridgehead atoms. The number of rotatable bonds is 5. The molecule has 0 saturated heterocycles. The summed E-state index contributed by atoms with van der Waals surface area (Å²) in [6.07, 6.45) is 4.75. The number of ether oxygens (including phenoxy) is 1. The van der Waals surface area contributed by atoms with Crippen molar-refractivity contribution in [2.75, 3.05) is 6.61 Å². The molecule has 0 atom stereocenters. The molecular formula is C11H12O2. The van der Waals surface area contributed by atoms with E-state index in [1.807, 2.05) is 42.5 Å². The smallest absolute Gasteiger partial charge is 0.293 e. The first-order valence-corrected chi connectivity index (χ1v) is 4.20. The second kappa shape index (κ2) is 6.00. The van der Waals surface area contributed by atoms with Crippen molar-refractivity contribution in [3.63, 3.8) is 0 Å². The summed E-state index contributed by atoms with van der Waals surface area (Å²) in [5.74, 6) is 0. The Kier molecular flexibility index (Phi) is 4.39. The predicted octanol–water partition coefficient (Wildman–Crippen LogP) is 2.26. The third-order valence-electron chi connectivity index (χ3n) is 1.58. The van der Waals surface area contributed by atoms with Crippen LogP contribution in [0, 0.1) is 0 Å². The lowest BCUT2D eigenvalue weighted by atomic mass is 10.2. The summed E-state index contributed by atoms with van der Waals surface area (Å²) in [7, 11) is 0. The van der Waals surface area contributed by atoms with E-state index in [-0.39, 0.29) is 0 Å². The molecule has 0 aliphatic heterocycles. The lowest BCUT2D eigenvalue weighted by molar-refractivity contribution is -0.128. The fourth-order valence-electron chi connectivity index (χ4n) is 0.968. The standard InChI is InChI=1S/C11H12O2/c12-10-13-9-5-4-8-11-6-2-1-3-7-11/h1-4,6-8,10H,5,9H2. The van der Waals surface area contributed by atoms with E-state index < -0.39 is 0 Å². The topological polar surface area (TPSA) is 26.3 Å². The summed E-state index contributed by atoms with van der Waals surface area (Å²) in [5, 5.41) is 0. The molecule has 2 nitrogen and oxygen atoms in total. The first-order valence-electron chi connectivity index (χ1n) is 4.20. The minimum atomic E-state index is 0.451. The zero-order valence-corrected chi connectivity index (χ0v) is 7.35. The number of carbonyl (C=O) groups excluding carboxylic acids is 1. The zero-order chi connectivity index (χ0) is 9.36. The van der Waals surface area contributed by atoms with Gasteiger partial charge in [0.05, 0.1) is 6.61 Å². The van der Waals surface area contributed by atoms with Gasteiger partial charge in [0.25, 0.3) is 6.47 Å². The Morgan fingerprint density at radius 2 is 2.00 bits per heavy atom. The summed E-state index contributed by atoms with van der Waals surface area (Å²) in [6, 6.07) is 10.0. The third-order valence-corrected chi connectivity index (χ3v) is 1.58. The second-order valence-electron chi connectivity index (χ2n) is 2.57. The molecule has 0 radical (unpaired) electrons. The average molecular weight is 176 g/mol. The normalized spacial score (nSPS) is 10.2. The molecule has 2 heteroatoms. The summed E-state index contributed by atoms with van der Waals surface area (Å²) in [5.41, 5.74) is 1.16. The van der Waals surface area contributed by atoms with Gasteiger partial charge >= 0.3 is 0 Å². The van der Waals surface area contributed by atoms with E-state index in [1.165, 1.54) is 0 Å². The van der Waals surface area contributed by atoms with Gasteiger partial charge < -0.3 is 4.74 Å². The van der Waals surface area contributed by atoms with E-state index in [9.17, 15) is 4.79 Å². The van der Waals surface area contributed by atoms with Crippen molar-refractivity contribution in [3.05, 3.63) is 42.0 Å². The first-order chi connectivity index (χ1) is 6.43. The Morgan fingerprint density at radius 1 is 1.23 bits per heavy atom. The van der Waals surface area contributed by atoms with Crippen LogP contribution in [0.5, 0.6) is 0 Å². The van der Waals surface area contributed by atoms with Crippen LogP contribution >= 0.6 is 0 Å². The number of hydrogen-bond acceptors (Lipinski definition) is 2. The van der Waals surface area contributed by atoms with Crippen LogP contribution in [0.3, 0.4) is 0 Å². The van der Waals surface area contributed by atoms with Crippen LogP contribution in [-0.2, 0) is 9.53 Å². The fraction of sp³-hybridized carbons (Fsp3) is 0.182. The van der Waals surface area contributed by atoms with Crippen molar-refractivity contribution in [2.45, 2.75) is 6.42 Å². The maximum absolute atomic E-state index is 9.79. The van der Waals surface area contributed by atoms with Crippen molar-refractivity contribution in [3.8, 4) is 0 Å². The average Bonchev–Trinajstić information content (AvgIpc) is 2.19. The molecule has 0 aliphatic rings. The lowest BCUT2D eigenvalue weighted by Crippen LogP contribution is -1.87.